The van der Waals surface area contributed by atoms with Crippen LogP contribution < -0.4 is 35.8 Å². The van der Waals surface area contributed by atoms with Crippen molar-refractivity contribution in [3.05, 3.63) is 170 Å². The average molecular weight is 2020 g/mol. The molecule has 8 aromatic heterocycles. The molecule has 126 heavy (non-hydrogen) atoms. The Labute approximate surface area is 779 Å². The molecule has 5 fully saturated rings. The third kappa shape index (κ3) is 28.3. The quantitative estimate of drug-likeness (QED) is 0.0281. The van der Waals surface area contributed by atoms with Crippen LogP contribution in [0.3, 0.4) is 0 Å². The molecule has 0 radical (unpaired) electrons. The summed E-state index contributed by atoms with van der Waals surface area (Å²) in [6.07, 6.45) is 12.8. The number of ether oxygens (including phenoxy) is 6. The van der Waals surface area contributed by atoms with Crippen molar-refractivity contribution in [2.45, 2.75) is 91.5 Å². The first-order valence-corrected chi connectivity index (χ1v) is 48.5. The Kier molecular flexibility index (Phi) is 36.5. The van der Waals surface area contributed by atoms with Crippen LogP contribution in [-0.2, 0) is 32.8 Å². The lowest BCUT2D eigenvalue weighted by Crippen LogP contribution is -2.46. The van der Waals surface area contributed by atoms with E-state index in [4.69, 9.17) is 65.0 Å². The number of nitrogens with one attached hydrogen (secondary N) is 1. The van der Waals surface area contributed by atoms with Gasteiger partial charge in [0.25, 0.3) is 0 Å². The lowest BCUT2D eigenvalue weighted by molar-refractivity contribution is 0.00578. The second-order valence-electron chi connectivity index (χ2n) is 31.6. The Morgan fingerprint density at radius 2 is 0.913 bits per heavy atom. The molecule has 2 unspecified atom stereocenters. The fourth-order valence-corrected chi connectivity index (χ4v) is 14.7. The molecule has 0 spiro atoms. The fourth-order valence-electron chi connectivity index (χ4n) is 13.4. The van der Waals surface area contributed by atoms with Crippen LogP contribution in [0.4, 0.5) is 21.5 Å². The van der Waals surface area contributed by atoms with Gasteiger partial charge >= 0.3 is 23.7 Å². The number of pyridine rings is 2. The summed E-state index contributed by atoms with van der Waals surface area (Å²) in [6, 6.07) is 31.5. The maximum Gasteiger partial charge on any atom is 0.496 e. The Morgan fingerprint density at radius 3 is 1.35 bits per heavy atom. The number of rotatable bonds is 17. The zero-order valence-electron chi connectivity index (χ0n) is 72.7. The third-order valence-corrected chi connectivity index (χ3v) is 22.7. The molecule has 12 aromatic rings. The fraction of sp³-hybridized carbons (Fsp3) is 0.442. The Morgan fingerprint density at radius 1 is 0.508 bits per heavy atom. The molecular formula is C86H107BBr3Cl4N20O11P. The molecule has 31 nitrogen and oxygen atoms in total. The first-order valence-electron chi connectivity index (χ1n) is 41.3. The molecule has 4 aromatic carbocycles. The van der Waals surface area contributed by atoms with E-state index in [2.05, 4.69) is 214 Å². The number of morpholine rings is 4. The molecule has 3 N–H and O–H groups in total. The van der Waals surface area contributed by atoms with Crippen molar-refractivity contribution in [2.24, 2.45) is 5.73 Å². The van der Waals surface area contributed by atoms with Crippen molar-refractivity contribution in [1.29, 1.82) is 0 Å². The molecule has 674 valence electrons. The van der Waals surface area contributed by atoms with Crippen LogP contribution in [0, 0.1) is 13.8 Å². The van der Waals surface area contributed by atoms with E-state index < -0.39 is 5.20 Å². The SMILES string of the molecule is CC(N)c1cnc2ccc(Br)cc2n1.CC(NC(=O)N1CCOCC1)c1cnc2ccc(Br)cc2n1.CN(C)CCCOc1ccc(B2OC(C)(C)C(C)(C)O2)cn1.Cc1nc(N2CCOCC2)n2c1cnc1ccc(-c3ccc(OCCCN(C)C)nc3)cc12.Cc1nc(N2CCOCC2)n2c1cnc1ccc(Br)cc12.O=C(Cl)N1CCOCC1.O=P(Cl)(Cl)Cl. The van der Waals surface area contributed by atoms with E-state index in [1.54, 1.807) is 28.4 Å². The number of anilines is 2. The number of benzene rings is 4. The van der Waals surface area contributed by atoms with Crippen molar-refractivity contribution >= 4 is 189 Å². The minimum atomic E-state index is -3.22. The van der Waals surface area contributed by atoms with Gasteiger partial charge in [-0.15, -0.1) is 0 Å². The molecule has 5 saturated heterocycles. The van der Waals surface area contributed by atoms with Gasteiger partial charge in [0.05, 0.1) is 186 Å². The van der Waals surface area contributed by atoms with Gasteiger partial charge in [-0.25, -0.2) is 34.7 Å². The number of nitrogens with two attached hydrogens (primary N) is 1. The van der Waals surface area contributed by atoms with Crippen molar-refractivity contribution in [3.8, 4) is 22.9 Å². The molecule has 0 bridgehead atoms. The molecule has 40 heteroatoms. The van der Waals surface area contributed by atoms with E-state index >= 15 is 0 Å². The Balaban J connectivity index is 0.000000150. The first-order chi connectivity index (χ1) is 60.1. The Bertz CT molecular complexity index is 5630. The van der Waals surface area contributed by atoms with Crippen LogP contribution in [0.2, 0.25) is 0 Å². The van der Waals surface area contributed by atoms with Crippen LogP contribution in [0.1, 0.15) is 89.2 Å². The second-order valence-corrected chi connectivity index (χ2v) is 41.3. The largest absolute Gasteiger partial charge is 0.496 e. The standard InChI is InChI=1S/C25H30N6O2.C16H27BN2O3.C15H17BrN4O2.C15H15BrN4O.C10H10BrN3.C5H8ClNO2.Cl3OP/c1-18-23-17-26-21-7-5-19(20-6-8-24(27-16-20)33-12-4-9-29(2)3)15-22(21)31(23)25(28-18)30-10-13-32-14-11-30;1-15(2)16(3,4)22-17(21-15)13-8-9-14(18-12-13)20-11-7-10-19(5)6;1-10(18-15(21)20-4-6-22-7-5-20)14-9-17-12-3-2-11(16)8-13(12)19-14;1-10-14-9-17-12-3-2-11(16)8-13(12)20(14)15(18-10)19-4-6-21-7-5-19;1-6(12)10-5-13-8-3-2-7(11)4-9(8)14-10;6-5(8)7-1-3-9-4-2-7;1-5(2,3)4/h5-8,15-17H,4,9-14H2,1-3H3;8-9,12H,7,10-11H2,1-6H3;2-3,8-10H,4-7H2,1H3,(H,18,21);2-3,8-9H,4-7H2,1H3;2-6H,12H2,1H3;1-4H2;. The molecular weight excluding hydrogens is 1910 g/mol. The predicted molar refractivity (Wildman–Crippen MR) is 510 cm³/mol. The van der Waals surface area contributed by atoms with Gasteiger partial charge in [0, 0.05) is 114 Å². The highest BCUT2D eigenvalue weighted by atomic mass is 79.9. The third-order valence-electron chi connectivity index (χ3n) is 21.0. The number of carbonyl (C=O) groups is 2. The number of imidazole rings is 2. The van der Waals surface area contributed by atoms with Crippen molar-refractivity contribution in [1.82, 2.24) is 83.6 Å². The van der Waals surface area contributed by atoms with Crippen molar-refractivity contribution in [2.75, 3.05) is 170 Å². The predicted octanol–water partition coefficient (Wildman–Crippen LogP) is 16.3. The van der Waals surface area contributed by atoms with Crippen LogP contribution in [0.5, 0.6) is 11.8 Å². The van der Waals surface area contributed by atoms with E-state index in [9.17, 15) is 14.2 Å². The van der Waals surface area contributed by atoms with Gasteiger partial charge < -0.3 is 78.2 Å². The highest BCUT2D eigenvalue weighted by molar-refractivity contribution is 9.11. The monoisotopic (exact) mass is 2010 g/mol. The van der Waals surface area contributed by atoms with E-state index in [1.165, 1.54) is 0 Å². The molecule has 0 aliphatic carbocycles. The van der Waals surface area contributed by atoms with Gasteiger partial charge in [-0.2, -0.15) is 0 Å². The number of urea groups is 1. The van der Waals surface area contributed by atoms with Crippen molar-refractivity contribution < 1.29 is 51.9 Å². The summed E-state index contributed by atoms with van der Waals surface area (Å²) in [6.45, 7) is 30.6. The van der Waals surface area contributed by atoms with Gasteiger partial charge in [-0.1, -0.05) is 59.9 Å². The van der Waals surface area contributed by atoms with Gasteiger partial charge in [-0.3, -0.25) is 38.1 Å². The minimum absolute atomic E-state index is 0.0779. The van der Waals surface area contributed by atoms with E-state index in [0.29, 0.717) is 77.6 Å². The molecule has 5 aliphatic heterocycles. The smallest absolute Gasteiger partial charge is 0.478 e. The van der Waals surface area contributed by atoms with Gasteiger partial charge in [-0.05, 0) is 226 Å². The summed E-state index contributed by atoms with van der Waals surface area (Å²) in [7, 11) is 7.86. The van der Waals surface area contributed by atoms with Crippen LogP contribution >= 0.6 is 98.3 Å². The minimum Gasteiger partial charge on any atom is -0.478 e. The Hall–Kier alpha value is -7.91. The summed E-state index contributed by atoms with van der Waals surface area (Å²) in [4.78, 5) is 80.2. The first kappa shape index (κ1) is 98.7. The summed E-state index contributed by atoms with van der Waals surface area (Å²) < 4.78 is 61.6. The molecule has 17 rings (SSSR count). The highest BCUT2D eigenvalue weighted by Gasteiger charge is 2.52. The maximum absolute atomic E-state index is 12.2. The number of amides is 3. The zero-order valence-corrected chi connectivity index (χ0v) is 81.4. The molecule has 13 heterocycles. The van der Waals surface area contributed by atoms with Crippen molar-refractivity contribution in [3.63, 3.8) is 0 Å². The van der Waals surface area contributed by atoms with E-state index in [1.807, 2.05) is 141 Å². The van der Waals surface area contributed by atoms with Gasteiger partial charge in [0.2, 0.25) is 23.7 Å². The number of aromatic nitrogens is 12. The second kappa shape index (κ2) is 46.6. The number of nitrogens with zero attached hydrogens (tertiary/aromatic N) is 18. The van der Waals surface area contributed by atoms with E-state index in [-0.39, 0.29) is 41.8 Å². The van der Waals surface area contributed by atoms with Gasteiger partial charge in [0.15, 0.2) is 0 Å². The number of hydrogen-bond donors (Lipinski definition) is 2. The zero-order chi connectivity index (χ0) is 90.4. The van der Waals surface area contributed by atoms with E-state index in [0.717, 1.165) is 198 Å². The number of aryl methyl sites for hydroxylation is 2. The number of fused-ring (bicyclic) bond motifs is 8. The topological polar surface area (TPSA) is 320 Å². The molecule has 0 saturated carbocycles. The number of carbonyl (C=O) groups excluding carboxylic acids is 2. The van der Waals surface area contributed by atoms with Crippen LogP contribution in [-0.4, -0.2) is 268 Å². The van der Waals surface area contributed by atoms with Crippen LogP contribution in [0.25, 0.3) is 66.3 Å². The summed E-state index contributed by atoms with van der Waals surface area (Å²) in [5, 5.41) is -0.636. The average Bonchev–Trinajstić information content (AvgIpc) is 1.59. The normalized spacial score (nSPS) is 16.1. The summed E-state index contributed by atoms with van der Waals surface area (Å²) in [5.74, 6) is 3.23. The lowest BCUT2D eigenvalue weighted by Gasteiger charge is -2.32. The molecule has 3 amide bonds. The number of hydrogen-bond acceptors (Lipinski definition) is 26. The number of halogens is 7. The highest BCUT2D eigenvalue weighted by Crippen LogP contribution is 2.61. The maximum atomic E-state index is 12.2. The lowest BCUT2D eigenvalue weighted by atomic mass is 9.80. The van der Waals surface area contributed by atoms with Gasteiger partial charge in [0.1, 0.15) is 0 Å². The molecule has 2 atom stereocenters. The van der Waals surface area contributed by atoms with Crippen LogP contribution in [0.15, 0.2) is 148 Å². The molecule has 5 aliphatic rings. The summed E-state index contributed by atoms with van der Waals surface area (Å²) >= 11 is 29.4. The summed E-state index contributed by atoms with van der Waals surface area (Å²) in [5.41, 5.74) is 21.1.